The van der Waals surface area contributed by atoms with E-state index in [0.29, 0.717) is 0 Å². The fourth-order valence-corrected chi connectivity index (χ4v) is 10.5. The largest absolute Gasteiger partial charge is 0.191 e. The monoisotopic (exact) mass is 268 g/mol. The molecule has 1 aliphatic heterocycles. The molecule has 0 spiro atoms. The van der Waals surface area contributed by atoms with Crippen LogP contribution in [0.1, 0.15) is 4.88 Å². The lowest BCUT2D eigenvalue weighted by Crippen LogP contribution is -1.69. The van der Waals surface area contributed by atoms with Gasteiger partial charge in [0.1, 0.15) is 16.0 Å². The Bertz CT molecular complexity index is 327. The van der Waals surface area contributed by atoms with Gasteiger partial charge in [0.25, 0.3) is 0 Å². The minimum atomic E-state index is 0.734. The Morgan fingerprint density at radius 3 is 2.83 bits per heavy atom. The summed E-state index contributed by atoms with van der Waals surface area (Å²) in [6, 6.07) is 2.15. The van der Waals surface area contributed by atoms with Gasteiger partial charge in [-0.25, -0.2) is 0 Å². The third kappa shape index (κ3) is 1.86. The number of nitrogens with zero attached hydrogens (tertiary/aromatic N) is 2. The first-order valence-corrected chi connectivity index (χ1v) is 9.58. The molecule has 2 nitrogen and oxygen atoms in total. The van der Waals surface area contributed by atoms with E-state index in [-0.39, 0.29) is 0 Å². The average Bonchev–Trinajstić information content (AvgIpc) is 2.33. The molecule has 0 aliphatic carbocycles. The van der Waals surface area contributed by atoms with Crippen LogP contribution in [0.15, 0.2) is 9.92 Å². The molecule has 62 valence electrons. The molecule has 2 rings (SSSR count). The van der Waals surface area contributed by atoms with Gasteiger partial charge in [-0.05, 0) is 62.6 Å². The van der Waals surface area contributed by atoms with Crippen molar-refractivity contribution in [3.8, 4) is 6.07 Å². The Morgan fingerprint density at radius 2 is 2.00 bits per heavy atom. The number of hydrogen-bond acceptors (Lipinski definition) is 8. The van der Waals surface area contributed by atoms with E-state index in [1.165, 1.54) is 11.5 Å². The predicted octanol–water partition coefficient (Wildman–Crippen LogP) is 4.07. The number of nitriles is 1. The third-order valence-electron chi connectivity index (χ3n) is 1.01. The smallest absolute Gasteiger partial charge is 0.141 e. The van der Waals surface area contributed by atoms with Crippen LogP contribution in [0, 0.1) is 11.3 Å². The molecule has 0 atom stereocenters. The van der Waals surface area contributed by atoms with Gasteiger partial charge >= 0.3 is 0 Å². The van der Waals surface area contributed by atoms with Gasteiger partial charge in [0.05, 0.1) is 4.90 Å². The van der Waals surface area contributed by atoms with Crippen molar-refractivity contribution < 1.29 is 0 Å². The zero-order chi connectivity index (χ0) is 8.39. The summed E-state index contributed by atoms with van der Waals surface area (Å²) in [6.07, 6.45) is 0. The third-order valence-corrected chi connectivity index (χ3v) is 10.3. The Kier molecular flexibility index (Phi) is 3.45. The molecule has 0 amide bonds. The van der Waals surface area contributed by atoms with Crippen LogP contribution < -0.4 is 0 Å². The standard InChI is InChI=1S/C4N2S6/c5-1-2-3-4(6-7-2)9-11-12-10-8-3. The van der Waals surface area contributed by atoms with Gasteiger partial charge in [0, 0.05) is 0 Å². The lowest BCUT2D eigenvalue weighted by atomic mass is 10.5. The van der Waals surface area contributed by atoms with Crippen molar-refractivity contribution in [2.24, 2.45) is 0 Å². The SMILES string of the molecule is N#Cc1snc2c1SSSSS2. The lowest BCUT2D eigenvalue weighted by molar-refractivity contribution is 1.17. The van der Waals surface area contributed by atoms with Gasteiger partial charge < -0.3 is 0 Å². The molecule has 0 saturated heterocycles. The number of rotatable bonds is 0. The second kappa shape index (κ2) is 4.39. The number of aromatic nitrogens is 1. The van der Waals surface area contributed by atoms with E-state index in [4.69, 9.17) is 5.26 Å². The number of hydrogen-bond donors (Lipinski definition) is 0. The zero-order valence-electron chi connectivity index (χ0n) is 5.34. The van der Waals surface area contributed by atoms with Crippen molar-refractivity contribution in [3.63, 3.8) is 0 Å². The van der Waals surface area contributed by atoms with Crippen molar-refractivity contribution in [1.29, 1.82) is 5.26 Å². The summed E-state index contributed by atoms with van der Waals surface area (Å²) < 4.78 is 4.20. The summed E-state index contributed by atoms with van der Waals surface area (Å²) in [6.45, 7) is 0. The lowest BCUT2D eigenvalue weighted by Gasteiger charge is -1.89. The fraction of sp³-hybridized carbons (Fsp3) is 0. The molecule has 8 heteroatoms. The highest BCUT2D eigenvalue weighted by Crippen LogP contribution is 2.59. The van der Waals surface area contributed by atoms with Gasteiger partial charge in [0.2, 0.25) is 0 Å². The molecule has 0 N–H and O–H groups in total. The van der Waals surface area contributed by atoms with Crippen LogP contribution in [-0.2, 0) is 0 Å². The summed E-state index contributed by atoms with van der Waals surface area (Å²) in [7, 11) is 8.35. The van der Waals surface area contributed by atoms with Crippen LogP contribution in [0.4, 0.5) is 0 Å². The molecule has 0 unspecified atom stereocenters. The Hall–Kier alpha value is 0.870. The molecule has 0 bridgehead atoms. The van der Waals surface area contributed by atoms with Crippen molar-refractivity contribution in [1.82, 2.24) is 4.37 Å². The predicted molar refractivity (Wildman–Crippen MR) is 61.3 cm³/mol. The fourth-order valence-electron chi connectivity index (χ4n) is 0.570. The maximum absolute atomic E-state index is 8.75. The maximum Gasteiger partial charge on any atom is 0.141 e. The first kappa shape index (κ1) is 9.43. The molecule has 1 aromatic heterocycles. The molecule has 1 aliphatic rings. The van der Waals surface area contributed by atoms with E-state index >= 15 is 0 Å². The average molecular weight is 268 g/mol. The van der Waals surface area contributed by atoms with E-state index in [1.54, 1.807) is 51.1 Å². The van der Waals surface area contributed by atoms with Crippen LogP contribution in [0.2, 0.25) is 0 Å². The van der Waals surface area contributed by atoms with Crippen LogP contribution >= 0.6 is 62.6 Å². The highest BCUT2D eigenvalue weighted by atomic mass is 33.8. The first-order chi connectivity index (χ1) is 5.92. The summed E-state index contributed by atoms with van der Waals surface area (Å²) >= 11 is 1.29. The highest BCUT2D eigenvalue weighted by molar-refractivity contribution is 9.36. The van der Waals surface area contributed by atoms with E-state index in [0.717, 1.165) is 14.8 Å². The molecule has 1 aromatic rings. The van der Waals surface area contributed by atoms with E-state index < -0.39 is 0 Å². The second-order valence-electron chi connectivity index (χ2n) is 1.63. The van der Waals surface area contributed by atoms with Crippen molar-refractivity contribution in [3.05, 3.63) is 4.88 Å². The zero-order valence-corrected chi connectivity index (χ0v) is 10.2. The van der Waals surface area contributed by atoms with Crippen molar-refractivity contribution in [2.45, 2.75) is 9.92 Å². The molecule has 0 radical (unpaired) electrons. The maximum atomic E-state index is 8.75. The van der Waals surface area contributed by atoms with Gasteiger partial charge in [0.15, 0.2) is 0 Å². The van der Waals surface area contributed by atoms with Gasteiger partial charge in [-0.3, -0.25) is 0 Å². The Balaban J connectivity index is 2.40. The molecule has 0 fully saturated rings. The first-order valence-electron chi connectivity index (χ1n) is 2.66. The summed E-state index contributed by atoms with van der Waals surface area (Å²) in [4.78, 5) is 1.77. The molecule has 0 aromatic carbocycles. The second-order valence-corrected chi connectivity index (χ2v) is 9.84. The van der Waals surface area contributed by atoms with Crippen LogP contribution in [-0.4, -0.2) is 4.37 Å². The minimum absolute atomic E-state index is 0.734. The molecule has 2 heterocycles. The summed E-state index contributed by atoms with van der Waals surface area (Å²) in [5.41, 5.74) is 0. The van der Waals surface area contributed by atoms with Gasteiger partial charge in [-0.15, -0.1) is 0 Å². The summed E-state index contributed by atoms with van der Waals surface area (Å²) in [5.74, 6) is 0. The van der Waals surface area contributed by atoms with Gasteiger partial charge in [-0.1, -0.05) is 0 Å². The van der Waals surface area contributed by atoms with Crippen molar-refractivity contribution in [2.75, 3.05) is 0 Å². The molecule has 0 saturated carbocycles. The highest BCUT2D eigenvalue weighted by Gasteiger charge is 2.18. The Labute approximate surface area is 92.4 Å². The molecular weight excluding hydrogens is 268 g/mol. The normalized spacial score (nSPS) is 16.2. The molecule has 12 heavy (non-hydrogen) atoms. The van der Waals surface area contributed by atoms with Crippen molar-refractivity contribution >= 4 is 62.6 Å². The van der Waals surface area contributed by atoms with E-state index in [1.807, 2.05) is 0 Å². The van der Waals surface area contributed by atoms with E-state index in [9.17, 15) is 0 Å². The quantitative estimate of drug-likeness (QED) is 0.656. The summed E-state index contributed by atoms with van der Waals surface area (Å²) in [5, 5.41) is 9.74. The topological polar surface area (TPSA) is 36.7 Å². The van der Waals surface area contributed by atoms with Crippen LogP contribution in [0.25, 0.3) is 0 Å². The van der Waals surface area contributed by atoms with E-state index in [2.05, 4.69) is 10.4 Å². The van der Waals surface area contributed by atoms with Gasteiger partial charge in [-0.2, -0.15) is 9.64 Å². The minimum Gasteiger partial charge on any atom is -0.191 e. The van der Waals surface area contributed by atoms with Crippen LogP contribution in [0.5, 0.6) is 0 Å². The molecular formula is C4N2S6. The van der Waals surface area contributed by atoms with Crippen LogP contribution in [0.3, 0.4) is 0 Å². The Morgan fingerprint density at radius 1 is 1.17 bits per heavy atom. The number of fused-ring (bicyclic) bond motifs is 1.